The molecule has 9 heteroatoms. The molecule has 3 aromatic carbocycles. The van der Waals surface area contributed by atoms with Crippen molar-refractivity contribution in [2.75, 3.05) is 0 Å². The van der Waals surface area contributed by atoms with Crippen molar-refractivity contribution in [2.45, 2.75) is 30.8 Å². The SMILES string of the molecule is O=C1NC(=O)c2c1c1c3ccccc3n3c1c1c2c2ccccc2n1C1OC3C(O)C(O)C1O. The number of hydrogen-bond donors (Lipinski definition) is 4. The zero-order valence-electron chi connectivity index (χ0n) is 17.5. The molecule has 5 heterocycles. The van der Waals surface area contributed by atoms with Crippen LogP contribution in [0.25, 0.3) is 43.6 Å². The lowest BCUT2D eigenvalue weighted by atomic mass is 9.96. The molecule has 1 fully saturated rings. The fourth-order valence-corrected chi connectivity index (χ4v) is 6.23. The van der Waals surface area contributed by atoms with E-state index in [2.05, 4.69) is 5.32 Å². The highest BCUT2D eigenvalue weighted by atomic mass is 16.6. The van der Waals surface area contributed by atoms with E-state index in [0.717, 1.165) is 10.8 Å². The number of nitrogens with zero attached hydrogens (tertiary/aromatic N) is 2. The van der Waals surface area contributed by atoms with Crippen LogP contribution < -0.4 is 5.32 Å². The first kappa shape index (κ1) is 18.6. The number of benzene rings is 3. The maximum Gasteiger partial charge on any atom is 0.259 e. The van der Waals surface area contributed by atoms with Crippen molar-refractivity contribution in [3.63, 3.8) is 0 Å². The molecular formula is C25H17N3O6. The minimum atomic E-state index is -1.47. The number of ether oxygens (including phenoxy) is 1. The van der Waals surface area contributed by atoms with E-state index in [9.17, 15) is 24.9 Å². The minimum absolute atomic E-state index is 0.289. The molecule has 2 bridgehead atoms. The van der Waals surface area contributed by atoms with Gasteiger partial charge >= 0.3 is 0 Å². The second-order valence-corrected chi connectivity index (χ2v) is 9.14. The van der Waals surface area contributed by atoms with Gasteiger partial charge in [-0.05, 0) is 12.1 Å². The molecule has 2 aromatic heterocycles. The summed E-state index contributed by atoms with van der Waals surface area (Å²) in [5.41, 5.74) is 3.18. The van der Waals surface area contributed by atoms with E-state index in [4.69, 9.17) is 4.74 Å². The summed E-state index contributed by atoms with van der Waals surface area (Å²) in [4.78, 5) is 26.2. The maximum absolute atomic E-state index is 13.1. The van der Waals surface area contributed by atoms with Gasteiger partial charge in [-0.2, -0.15) is 0 Å². The van der Waals surface area contributed by atoms with Gasteiger partial charge in [-0.3, -0.25) is 14.9 Å². The summed E-state index contributed by atoms with van der Waals surface area (Å²) >= 11 is 0. The van der Waals surface area contributed by atoms with Crippen LogP contribution in [0.4, 0.5) is 0 Å². The highest BCUT2D eigenvalue weighted by Gasteiger charge is 2.50. The quantitative estimate of drug-likeness (QED) is 0.264. The summed E-state index contributed by atoms with van der Waals surface area (Å²) in [5.74, 6) is -0.953. The van der Waals surface area contributed by atoms with Gasteiger partial charge in [-0.1, -0.05) is 36.4 Å². The van der Waals surface area contributed by atoms with Gasteiger partial charge in [0.2, 0.25) is 0 Å². The molecule has 9 nitrogen and oxygen atoms in total. The molecule has 3 aliphatic heterocycles. The number of aliphatic hydroxyl groups excluding tert-OH is 3. The molecule has 0 spiro atoms. The Hall–Kier alpha value is -3.76. The number of carbonyl (C=O) groups is 2. The van der Waals surface area contributed by atoms with E-state index in [1.807, 2.05) is 48.5 Å². The van der Waals surface area contributed by atoms with Crippen molar-refractivity contribution in [3.05, 3.63) is 59.7 Å². The standard InChI is InChI=1S/C25H17N3O6/c29-19-20(30)24-27-11-7-3-1-5-9(11)13-15-16(23(33)26-22(15)32)14-10-6-2-4-8-12(10)28(18(14)17(13)27)25(34-24)21(19)31/h1-8,19-21,24-25,29-31H,(H,26,32,33). The number of amides is 2. The Morgan fingerprint density at radius 2 is 1.12 bits per heavy atom. The topological polar surface area (TPSA) is 126 Å². The fourth-order valence-electron chi connectivity index (χ4n) is 6.23. The van der Waals surface area contributed by atoms with Crippen LogP contribution in [0.5, 0.6) is 0 Å². The van der Waals surface area contributed by atoms with E-state index in [0.29, 0.717) is 32.8 Å². The Morgan fingerprint density at radius 3 is 1.59 bits per heavy atom. The van der Waals surface area contributed by atoms with Gasteiger partial charge in [0, 0.05) is 21.5 Å². The first-order chi connectivity index (χ1) is 16.5. The summed E-state index contributed by atoms with van der Waals surface area (Å²) in [5, 5.41) is 37.9. The molecule has 4 atom stereocenters. The molecular weight excluding hydrogens is 438 g/mol. The van der Waals surface area contributed by atoms with Gasteiger partial charge in [0.1, 0.15) is 18.3 Å². The van der Waals surface area contributed by atoms with Gasteiger partial charge in [0.05, 0.1) is 33.2 Å². The lowest BCUT2D eigenvalue weighted by Gasteiger charge is -2.40. The zero-order valence-corrected chi connectivity index (χ0v) is 17.5. The normalized spacial score (nSPS) is 27.8. The fraction of sp³-hybridized carbons (Fsp3) is 0.200. The Labute approximate surface area is 190 Å². The zero-order chi connectivity index (χ0) is 23.0. The largest absolute Gasteiger partial charge is 0.387 e. The molecule has 3 aliphatic rings. The summed E-state index contributed by atoms with van der Waals surface area (Å²) < 4.78 is 9.88. The van der Waals surface area contributed by atoms with E-state index >= 15 is 0 Å². The third kappa shape index (κ3) is 1.86. The van der Waals surface area contributed by atoms with Crippen LogP contribution in [0, 0.1) is 0 Å². The van der Waals surface area contributed by atoms with E-state index in [1.54, 1.807) is 9.13 Å². The number of nitrogens with one attached hydrogen (secondary N) is 1. The van der Waals surface area contributed by atoms with Crippen molar-refractivity contribution < 1.29 is 29.6 Å². The van der Waals surface area contributed by atoms with Gasteiger partial charge in [0.15, 0.2) is 12.5 Å². The average molecular weight is 455 g/mol. The molecule has 4 unspecified atom stereocenters. The molecule has 0 saturated carbocycles. The highest BCUT2D eigenvalue weighted by Crippen LogP contribution is 2.51. The van der Waals surface area contributed by atoms with Gasteiger partial charge in [-0.25, -0.2) is 0 Å². The average Bonchev–Trinajstić information content (AvgIpc) is 3.42. The van der Waals surface area contributed by atoms with E-state index < -0.39 is 42.6 Å². The molecule has 4 N–H and O–H groups in total. The summed E-state index contributed by atoms with van der Waals surface area (Å²) in [6, 6.07) is 14.8. The molecule has 8 rings (SSSR count). The van der Waals surface area contributed by atoms with Crippen LogP contribution in [0.15, 0.2) is 48.5 Å². The summed E-state index contributed by atoms with van der Waals surface area (Å²) in [6.07, 6.45) is -6.35. The summed E-state index contributed by atoms with van der Waals surface area (Å²) in [6.45, 7) is 0. The minimum Gasteiger partial charge on any atom is -0.387 e. The third-order valence-corrected chi connectivity index (χ3v) is 7.55. The predicted octanol–water partition coefficient (Wildman–Crippen LogP) is 1.91. The number of fused-ring (bicyclic) bond motifs is 13. The van der Waals surface area contributed by atoms with Gasteiger partial charge < -0.3 is 29.2 Å². The molecule has 168 valence electrons. The first-order valence-electron chi connectivity index (χ1n) is 11.1. The molecule has 0 aliphatic carbocycles. The Balaban J connectivity index is 1.77. The van der Waals surface area contributed by atoms with Crippen LogP contribution in [-0.4, -0.2) is 54.6 Å². The Morgan fingerprint density at radius 1 is 0.676 bits per heavy atom. The van der Waals surface area contributed by atoms with Crippen molar-refractivity contribution in [1.82, 2.24) is 14.5 Å². The van der Waals surface area contributed by atoms with Crippen molar-refractivity contribution in [2.24, 2.45) is 0 Å². The summed E-state index contributed by atoms with van der Waals surface area (Å²) in [7, 11) is 0. The van der Waals surface area contributed by atoms with E-state index in [-0.39, 0.29) is 11.1 Å². The van der Waals surface area contributed by atoms with Crippen LogP contribution in [-0.2, 0) is 4.74 Å². The number of imide groups is 1. The number of hydrogen-bond acceptors (Lipinski definition) is 6. The lowest BCUT2D eigenvalue weighted by Crippen LogP contribution is -2.52. The van der Waals surface area contributed by atoms with Crippen LogP contribution >= 0.6 is 0 Å². The van der Waals surface area contributed by atoms with Crippen LogP contribution in [0.1, 0.15) is 33.2 Å². The van der Waals surface area contributed by atoms with Crippen LogP contribution in [0.2, 0.25) is 0 Å². The maximum atomic E-state index is 13.1. The number of aliphatic hydroxyl groups is 3. The van der Waals surface area contributed by atoms with E-state index in [1.165, 1.54) is 0 Å². The highest BCUT2D eigenvalue weighted by molar-refractivity contribution is 6.39. The predicted molar refractivity (Wildman–Crippen MR) is 121 cm³/mol. The molecule has 5 aromatic rings. The van der Waals surface area contributed by atoms with Crippen molar-refractivity contribution in [3.8, 4) is 0 Å². The lowest BCUT2D eigenvalue weighted by molar-refractivity contribution is -0.261. The molecule has 1 saturated heterocycles. The van der Waals surface area contributed by atoms with Gasteiger partial charge in [-0.15, -0.1) is 0 Å². The second kappa shape index (κ2) is 5.83. The second-order valence-electron chi connectivity index (χ2n) is 9.14. The number of carbonyl (C=O) groups excluding carboxylic acids is 2. The van der Waals surface area contributed by atoms with Gasteiger partial charge in [0.25, 0.3) is 11.8 Å². The van der Waals surface area contributed by atoms with Crippen molar-refractivity contribution >= 4 is 55.4 Å². The molecule has 34 heavy (non-hydrogen) atoms. The van der Waals surface area contributed by atoms with Crippen molar-refractivity contribution in [1.29, 1.82) is 0 Å². The Kier molecular flexibility index (Phi) is 3.20. The first-order valence-corrected chi connectivity index (χ1v) is 11.1. The number of rotatable bonds is 0. The number of para-hydroxylation sites is 2. The number of aromatic nitrogens is 2. The third-order valence-electron chi connectivity index (χ3n) is 7.55. The Bertz CT molecular complexity index is 1660. The smallest absolute Gasteiger partial charge is 0.259 e. The molecule has 0 radical (unpaired) electrons. The monoisotopic (exact) mass is 455 g/mol. The molecule has 2 amide bonds. The van der Waals surface area contributed by atoms with Crippen LogP contribution in [0.3, 0.4) is 0 Å².